The fourth-order valence-corrected chi connectivity index (χ4v) is 1.15. The van der Waals surface area contributed by atoms with E-state index in [1.807, 2.05) is 6.92 Å². The predicted octanol–water partition coefficient (Wildman–Crippen LogP) is 1.17. The van der Waals surface area contributed by atoms with Crippen molar-refractivity contribution in [1.29, 1.82) is 0 Å². The molecule has 16 heavy (non-hydrogen) atoms. The Morgan fingerprint density at radius 3 is 2.94 bits per heavy atom. The highest BCUT2D eigenvalue weighted by molar-refractivity contribution is 5.94. The monoisotopic (exact) mass is 226 g/mol. The molecule has 0 atom stereocenters. The van der Waals surface area contributed by atoms with E-state index in [0.717, 1.165) is 6.07 Å². The fraction of sp³-hybridized carbons (Fsp3) is 0.364. The van der Waals surface area contributed by atoms with Crippen molar-refractivity contribution < 1.29 is 13.9 Å². The second-order valence-corrected chi connectivity index (χ2v) is 3.19. The first-order valence-electron chi connectivity index (χ1n) is 5.06. The number of hydrogen-bond acceptors (Lipinski definition) is 3. The maximum atomic E-state index is 13.1. The van der Waals surface area contributed by atoms with E-state index in [2.05, 4.69) is 5.32 Å². The number of halogens is 1. The number of carbonyl (C=O) groups excluding carboxylic acids is 1. The van der Waals surface area contributed by atoms with Gasteiger partial charge < -0.3 is 15.8 Å². The molecule has 0 unspecified atom stereocenters. The molecule has 0 aliphatic heterocycles. The van der Waals surface area contributed by atoms with Gasteiger partial charge in [-0.3, -0.25) is 4.79 Å². The zero-order chi connectivity index (χ0) is 12.0. The molecule has 1 aromatic rings. The van der Waals surface area contributed by atoms with Crippen molar-refractivity contribution in [2.24, 2.45) is 0 Å². The molecule has 3 N–H and O–H groups in total. The van der Waals surface area contributed by atoms with Crippen LogP contribution in [0.4, 0.5) is 10.1 Å². The molecule has 0 saturated carbocycles. The van der Waals surface area contributed by atoms with Gasteiger partial charge in [0.25, 0.3) is 5.91 Å². The van der Waals surface area contributed by atoms with Gasteiger partial charge in [0.2, 0.25) is 0 Å². The molecular weight excluding hydrogens is 211 g/mol. The summed E-state index contributed by atoms with van der Waals surface area (Å²) in [6, 6.07) is 3.96. The quantitative estimate of drug-likeness (QED) is 0.585. The van der Waals surface area contributed by atoms with Crippen LogP contribution in [0.3, 0.4) is 0 Å². The largest absolute Gasteiger partial charge is 0.396 e. The third-order valence-electron chi connectivity index (χ3n) is 2.00. The Kier molecular flexibility index (Phi) is 4.72. The number of amides is 1. The Balaban J connectivity index is 2.50. The summed E-state index contributed by atoms with van der Waals surface area (Å²) in [5.41, 5.74) is 5.59. The Morgan fingerprint density at radius 1 is 1.56 bits per heavy atom. The summed E-state index contributed by atoms with van der Waals surface area (Å²) >= 11 is 0. The van der Waals surface area contributed by atoms with Crippen LogP contribution in [-0.4, -0.2) is 25.7 Å². The Morgan fingerprint density at radius 2 is 2.31 bits per heavy atom. The predicted molar refractivity (Wildman–Crippen MR) is 59.6 cm³/mol. The topological polar surface area (TPSA) is 64.3 Å². The van der Waals surface area contributed by atoms with Crippen LogP contribution in [0.5, 0.6) is 0 Å². The highest BCUT2D eigenvalue weighted by atomic mass is 19.1. The first-order chi connectivity index (χ1) is 7.65. The molecular formula is C11H15FN2O2. The minimum atomic E-state index is -0.586. The van der Waals surface area contributed by atoms with Gasteiger partial charge in [0, 0.05) is 18.7 Å². The first-order valence-corrected chi connectivity index (χ1v) is 5.06. The number of hydrogen-bond donors (Lipinski definition) is 2. The molecule has 4 nitrogen and oxygen atoms in total. The standard InChI is InChI=1S/C11H15FN2O2/c1-2-16-6-5-14-11(15)8-3-4-10(13)9(12)7-8/h3-4,7H,2,5-6,13H2,1H3,(H,14,15). The smallest absolute Gasteiger partial charge is 0.251 e. The number of nitrogens with one attached hydrogen (secondary N) is 1. The summed E-state index contributed by atoms with van der Waals surface area (Å²) < 4.78 is 18.1. The number of benzene rings is 1. The van der Waals surface area contributed by atoms with Crippen LogP contribution in [0.1, 0.15) is 17.3 Å². The van der Waals surface area contributed by atoms with Gasteiger partial charge in [0.15, 0.2) is 0 Å². The maximum absolute atomic E-state index is 13.1. The van der Waals surface area contributed by atoms with Crippen LogP contribution >= 0.6 is 0 Å². The number of anilines is 1. The molecule has 0 radical (unpaired) electrons. The van der Waals surface area contributed by atoms with Crippen molar-refractivity contribution in [2.75, 3.05) is 25.5 Å². The number of nitrogens with two attached hydrogens (primary N) is 1. The zero-order valence-corrected chi connectivity index (χ0v) is 9.13. The molecule has 0 spiro atoms. The van der Waals surface area contributed by atoms with Gasteiger partial charge in [0.1, 0.15) is 5.82 Å². The molecule has 0 fully saturated rings. The lowest BCUT2D eigenvalue weighted by Crippen LogP contribution is -2.27. The van der Waals surface area contributed by atoms with Crippen LogP contribution in [0.2, 0.25) is 0 Å². The van der Waals surface area contributed by atoms with Crippen LogP contribution in [0.15, 0.2) is 18.2 Å². The van der Waals surface area contributed by atoms with Gasteiger partial charge >= 0.3 is 0 Å². The highest BCUT2D eigenvalue weighted by Crippen LogP contribution is 2.11. The Bertz CT molecular complexity index is 369. The van der Waals surface area contributed by atoms with E-state index in [4.69, 9.17) is 10.5 Å². The highest BCUT2D eigenvalue weighted by Gasteiger charge is 2.07. The summed E-state index contributed by atoms with van der Waals surface area (Å²) in [5.74, 6) is -0.920. The minimum Gasteiger partial charge on any atom is -0.396 e. The van der Waals surface area contributed by atoms with Crippen LogP contribution in [0, 0.1) is 5.82 Å². The average Bonchev–Trinajstić information content (AvgIpc) is 2.28. The number of ether oxygens (including phenoxy) is 1. The number of rotatable bonds is 5. The van der Waals surface area contributed by atoms with E-state index in [9.17, 15) is 9.18 Å². The van der Waals surface area contributed by atoms with E-state index in [1.54, 1.807) is 0 Å². The Labute approximate surface area is 93.6 Å². The summed E-state index contributed by atoms with van der Waals surface area (Å²) in [5, 5.41) is 2.61. The molecule has 0 aromatic heterocycles. The lowest BCUT2D eigenvalue weighted by molar-refractivity contribution is 0.0922. The van der Waals surface area contributed by atoms with Gasteiger partial charge in [-0.05, 0) is 25.1 Å². The van der Waals surface area contributed by atoms with E-state index in [1.165, 1.54) is 12.1 Å². The van der Waals surface area contributed by atoms with Crippen molar-refractivity contribution in [2.45, 2.75) is 6.92 Å². The lowest BCUT2D eigenvalue weighted by atomic mass is 10.2. The van der Waals surface area contributed by atoms with Gasteiger partial charge in [-0.15, -0.1) is 0 Å². The molecule has 0 heterocycles. The van der Waals surface area contributed by atoms with E-state index in [-0.39, 0.29) is 17.2 Å². The average molecular weight is 226 g/mol. The van der Waals surface area contributed by atoms with Crippen molar-refractivity contribution >= 4 is 11.6 Å². The molecule has 1 aromatic carbocycles. The molecule has 5 heteroatoms. The van der Waals surface area contributed by atoms with E-state index >= 15 is 0 Å². The molecule has 1 rings (SSSR count). The second kappa shape index (κ2) is 6.07. The SMILES string of the molecule is CCOCCNC(=O)c1ccc(N)c(F)c1. The number of nitrogen functional groups attached to an aromatic ring is 1. The third-order valence-corrected chi connectivity index (χ3v) is 2.00. The molecule has 0 bridgehead atoms. The molecule has 88 valence electrons. The van der Waals surface area contributed by atoms with Crippen LogP contribution in [0.25, 0.3) is 0 Å². The first kappa shape index (κ1) is 12.4. The van der Waals surface area contributed by atoms with Crippen molar-refractivity contribution in [3.05, 3.63) is 29.6 Å². The lowest BCUT2D eigenvalue weighted by Gasteiger charge is -2.05. The Hall–Kier alpha value is -1.62. The zero-order valence-electron chi connectivity index (χ0n) is 9.13. The van der Waals surface area contributed by atoms with Crippen molar-refractivity contribution in [3.63, 3.8) is 0 Å². The van der Waals surface area contributed by atoms with Crippen LogP contribution in [-0.2, 0) is 4.74 Å². The normalized spacial score (nSPS) is 10.1. The second-order valence-electron chi connectivity index (χ2n) is 3.19. The van der Waals surface area contributed by atoms with E-state index < -0.39 is 5.82 Å². The summed E-state index contributed by atoms with van der Waals surface area (Å²) in [4.78, 5) is 11.5. The van der Waals surface area contributed by atoms with Gasteiger partial charge in [-0.2, -0.15) is 0 Å². The number of carbonyl (C=O) groups is 1. The van der Waals surface area contributed by atoms with Crippen molar-refractivity contribution in [3.8, 4) is 0 Å². The minimum absolute atomic E-state index is 0.0332. The van der Waals surface area contributed by atoms with E-state index in [0.29, 0.717) is 19.8 Å². The molecule has 0 aliphatic carbocycles. The summed E-state index contributed by atoms with van der Waals surface area (Å²) in [6.45, 7) is 3.32. The van der Waals surface area contributed by atoms with Gasteiger partial charge in [-0.25, -0.2) is 4.39 Å². The fourth-order valence-electron chi connectivity index (χ4n) is 1.15. The van der Waals surface area contributed by atoms with Crippen molar-refractivity contribution in [1.82, 2.24) is 5.32 Å². The maximum Gasteiger partial charge on any atom is 0.251 e. The third kappa shape index (κ3) is 3.51. The van der Waals surface area contributed by atoms with Gasteiger partial charge in [-0.1, -0.05) is 0 Å². The molecule has 1 amide bonds. The molecule has 0 aliphatic rings. The summed E-state index contributed by atoms with van der Waals surface area (Å²) in [6.07, 6.45) is 0. The summed E-state index contributed by atoms with van der Waals surface area (Å²) in [7, 11) is 0. The van der Waals surface area contributed by atoms with Crippen LogP contribution < -0.4 is 11.1 Å². The molecule has 0 saturated heterocycles. The van der Waals surface area contributed by atoms with Gasteiger partial charge in [0.05, 0.1) is 12.3 Å².